The third-order valence-corrected chi connectivity index (χ3v) is 5.58. The number of carbonyl (C=O) groups excluding carboxylic acids is 1. The molecule has 1 saturated carbocycles. The second-order valence-electron chi connectivity index (χ2n) is 8.02. The summed E-state index contributed by atoms with van der Waals surface area (Å²) < 4.78 is 36.4. The molecule has 0 heterocycles. The molecule has 0 amide bonds. The Balaban J connectivity index is 1.92. The predicted molar refractivity (Wildman–Crippen MR) is 118 cm³/mol. The molecule has 0 aromatic heterocycles. The van der Waals surface area contributed by atoms with Gasteiger partial charge in [0.05, 0.1) is 20.3 Å². The molecule has 0 saturated heterocycles. The van der Waals surface area contributed by atoms with Gasteiger partial charge < -0.3 is 24.5 Å². The number of ether oxygens (including phenoxy) is 2. The van der Waals surface area contributed by atoms with E-state index in [0.29, 0.717) is 25.7 Å². The van der Waals surface area contributed by atoms with Gasteiger partial charge >= 0.3 is 5.97 Å². The number of hydrogen-bond acceptors (Lipinski definition) is 7. The van der Waals surface area contributed by atoms with Crippen molar-refractivity contribution in [1.29, 1.82) is 0 Å². The Morgan fingerprint density at radius 2 is 1.97 bits per heavy atom. The standard InChI is InChI=1S/C24H33F2NO6/c1-31-24(30)8-6-4-3-5-7-21-20(22(27-32-2)14-23(21)29)10-9-18(28)15-33-19-12-16(25)11-17(26)13-19/h3,5,9-13,18,20-23,27-29H,4,6-8,14-15H2,1-2H3/b5-3+,10-9+. The van der Waals surface area contributed by atoms with Crippen LogP contribution in [0.15, 0.2) is 42.5 Å². The predicted octanol–water partition coefficient (Wildman–Crippen LogP) is 3.07. The van der Waals surface area contributed by atoms with Crippen LogP contribution in [0.4, 0.5) is 8.78 Å². The molecule has 1 aliphatic carbocycles. The van der Waals surface area contributed by atoms with E-state index in [1.54, 1.807) is 6.08 Å². The highest BCUT2D eigenvalue weighted by molar-refractivity contribution is 5.69. The number of esters is 1. The zero-order valence-electron chi connectivity index (χ0n) is 19.0. The topological polar surface area (TPSA) is 97.2 Å². The van der Waals surface area contributed by atoms with Crippen LogP contribution in [0.25, 0.3) is 0 Å². The molecule has 0 aliphatic heterocycles. The molecule has 2 rings (SSSR count). The van der Waals surface area contributed by atoms with Gasteiger partial charge in [-0.3, -0.25) is 4.79 Å². The van der Waals surface area contributed by atoms with Gasteiger partial charge in [0, 0.05) is 36.6 Å². The van der Waals surface area contributed by atoms with Crippen LogP contribution >= 0.6 is 0 Å². The quantitative estimate of drug-likeness (QED) is 0.177. The fourth-order valence-electron chi connectivity index (χ4n) is 3.96. The maximum Gasteiger partial charge on any atom is 0.305 e. The van der Waals surface area contributed by atoms with Crippen molar-refractivity contribution in [2.45, 2.75) is 50.4 Å². The highest BCUT2D eigenvalue weighted by Crippen LogP contribution is 2.36. The average Bonchev–Trinajstić information content (AvgIpc) is 3.06. The number of methoxy groups -OCH3 is 1. The Labute approximate surface area is 193 Å². The number of rotatable bonds is 13. The maximum atomic E-state index is 13.3. The second kappa shape index (κ2) is 14.0. The van der Waals surface area contributed by atoms with E-state index in [1.165, 1.54) is 14.2 Å². The Kier molecular flexibility index (Phi) is 11.5. The second-order valence-corrected chi connectivity index (χ2v) is 8.02. The minimum atomic E-state index is -1.01. The Bertz CT molecular complexity index is 783. The minimum Gasteiger partial charge on any atom is -0.490 e. The molecule has 3 N–H and O–H groups in total. The summed E-state index contributed by atoms with van der Waals surface area (Å²) in [4.78, 5) is 16.2. The molecule has 9 heteroatoms. The number of unbranched alkanes of at least 4 members (excludes halogenated alkanes) is 1. The first-order chi connectivity index (χ1) is 15.8. The smallest absolute Gasteiger partial charge is 0.305 e. The van der Waals surface area contributed by atoms with Gasteiger partial charge in [0.15, 0.2) is 0 Å². The molecular formula is C24H33F2NO6. The van der Waals surface area contributed by atoms with Crippen LogP contribution in [0.3, 0.4) is 0 Å². The van der Waals surface area contributed by atoms with Crippen LogP contribution in [-0.4, -0.2) is 55.3 Å². The molecule has 5 atom stereocenters. The van der Waals surface area contributed by atoms with Crippen molar-refractivity contribution in [3.8, 4) is 5.75 Å². The highest BCUT2D eigenvalue weighted by Gasteiger charge is 2.40. The van der Waals surface area contributed by atoms with Gasteiger partial charge in [-0.2, -0.15) is 5.48 Å². The minimum absolute atomic E-state index is 0.00891. The lowest BCUT2D eigenvalue weighted by atomic mass is 9.89. The van der Waals surface area contributed by atoms with Crippen molar-refractivity contribution in [1.82, 2.24) is 5.48 Å². The van der Waals surface area contributed by atoms with Gasteiger partial charge in [-0.05, 0) is 31.6 Å². The van der Waals surface area contributed by atoms with E-state index < -0.39 is 23.8 Å². The zero-order valence-corrected chi connectivity index (χ0v) is 19.0. The van der Waals surface area contributed by atoms with Crippen LogP contribution in [0, 0.1) is 23.5 Å². The molecule has 0 radical (unpaired) electrons. The monoisotopic (exact) mass is 469 g/mol. The first kappa shape index (κ1) is 26.9. The summed E-state index contributed by atoms with van der Waals surface area (Å²) in [6.07, 6.45) is 8.64. The van der Waals surface area contributed by atoms with Gasteiger partial charge in [-0.1, -0.05) is 24.3 Å². The van der Waals surface area contributed by atoms with Gasteiger partial charge in [0.1, 0.15) is 30.1 Å². The summed E-state index contributed by atoms with van der Waals surface area (Å²) in [5.41, 5.74) is 2.90. The number of benzene rings is 1. The van der Waals surface area contributed by atoms with E-state index in [1.807, 2.05) is 18.2 Å². The largest absolute Gasteiger partial charge is 0.490 e. The first-order valence-corrected chi connectivity index (χ1v) is 11.0. The zero-order chi connectivity index (χ0) is 24.2. The SMILES string of the molecule is CONC1CC(O)C(C/C=C/CCCC(=O)OC)C1/C=C/C(O)COc1cc(F)cc(F)c1. The summed E-state index contributed by atoms with van der Waals surface area (Å²) in [5, 5.41) is 20.8. The van der Waals surface area contributed by atoms with Crippen molar-refractivity contribution < 1.29 is 38.1 Å². The average molecular weight is 470 g/mol. The molecule has 1 aromatic carbocycles. The van der Waals surface area contributed by atoms with E-state index >= 15 is 0 Å². The molecule has 0 bridgehead atoms. The molecule has 1 aliphatic rings. The normalized spacial score (nSPS) is 23.9. The lowest BCUT2D eigenvalue weighted by Crippen LogP contribution is -2.32. The van der Waals surface area contributed by atoms with Crippen molar-refractivity contribution in [2.75, 3.05) is 20.8 Å². The molecule has 7 nitrogen and oxygen atoms in total. The fourth-order valence-corrected chi connectivity index (χ4v) is 3.96. The number of hydroxylamine groups is 1. The third kappa shape index (κ3) is 9.21. The summed E-state index contributed by atoms with van der Waals surface area (Å²) in [6, 6.07) is 2.67. The van der Waals surface area contributed by atoms with Gasteiger partial charge in [0.25, 0.3) is 0 Å². The highest BCUT2D eigenvalue weighted by atomic mass is 19.1. The summed E-state index contributed by atoms with van der Waals surface area (Å²) >= 11 is 0. The van der Waals surface area contributed by atoms with E-state index in [4.69, 9.17) is 9.57 Å². The maximum absolute atomic E-state index is 13.3. The summed E-state index contributed by atoms with van der Waals surface area (Å²) in [7, 11) is 2.87. The van der Waals surface area contributed by atoms with E-state index in [0.717, 1.165) is 24.6 Å². The van der Waals surface area contributed by atoms with Crippen molar-refractivity contribution >= 4 is 5.97 Å². The molecule has 5 unspecified atom stereocenters. The van der Waals surface area contributed by atoms with Crippen molar-refractivity contribution in [3.63, 3.8) is 0 Å². The van der Waals surface area contributed by atoms with Gasteiger partial charge in [0.2, 0.25) is 0 Å². The van der Waals surface area contributed by atoms with Crippen LogP contribution in [0.5, 0.6) is 5.75 Å². The van der Waals surface area contributed by atoms with E-state index in [-0.39, 0.29) is 36.2 Å². The summed E-state index contributed by atoms with van der Waals surface area (Å²) in [5.74, 6) is -1.99. The number of halogens is 2. The Hall–Kier alpha value is -2.33. The van der Waals surface area contributed by atoms with Crippen molar-refractivity contribution in [2.24, 2.45) is 11.8 Å². The third-order valence-electron chi connectivity index (χ3n) is 5.58. The molecule has 33 heavy (non-hydrogen) atoms. The molecule has 184 valence electrons. The van der Waals surface area contributed by atoms with E-state index in [9.17, 15) is 23.8 Å². The lowest BCUT2D eigenvalue weighted by Gasteiger charge is -2.22. The van der Waals surface area contributed by atoms with Crippen LogP contribution in [0.2, 0.25) is 0 Å². The van der Waals surface area contributed by atoms with Gasteiger partial charge in [-0.15, -0.1) is 0 Å². The van der Waals surface area contributed by atoms with Crippen LogP contribution in [0.1, 0.15) is 32.1 Å². The Morgan fingerprint density at radius 1 is 1.24 bits per heavy atom. The van der Waals surface area contributed by atoms with Crippen LogP contribution in [-0.2, 0) is 14.4 Å². The van der Waals surface area contributed by atoms with Crippen molar-refractivity contribution in [3.05, 3.63) is 54.1 Å². The molecular weight excluding hydrogens is 436 g/mol. The van der Waals surface area contributed by atoms with Gasteiger partial charge in [-0.25, -0.2) is 8.78 Å². The number of aliphatic hydroxyl groups is 2. The molecule has 0 spiro atoms. The first-order valence-electron chi connectivity index (χ1n) is 11.0. The number of hydrogen-bond donors (Lipinski definition) is 3. The molecule has 1 aromatic rings. The summed E-state index contributed by atoms with van der Waals surface area (Å²) in [6.45, 7) is -0.179. The number of nitrogens with one attached hydrogen (secondary N) is 1. The lowest BCUT2D eigenvalue weighted by molar-refractivity contribution is -0.140. The Morgan fingerprint density at radius 3 is 2.64 bits per heavy atom. The number of carbonyl (C=O) groups is 1. The number of allylic oxidation sites excluding steroid dienone is 2. The number of aliphatic hydroxyl groups excluding tert-OH is 2. The fraction of sp³-hybridized carbons (Fsp3) is 0.542. The molecule has 1 fully saturated rings. The van der Waals surface area contributed by atoms with Crippen LogP contribution < -0.4 is 10.2 Å². The van der Waals surface area contributed by atoms with E-state index in [2.05, 4.69) is 10.2 Å².